The fourth-order valence-corrected chi connectivity index (χ4v) is 3.80. The summed E-state index contributed by atoms with van der Waals surface area (Å²) in [6, 6.07) is 12.3. The molecule has 29 heavy (non-hydrogen) atoms. The topological polar surface area (TPSA) is 90.1 Å². The number of hydrogen-bond acceptors (Lipinski definition) is 6. The molecule has 0 spiro atoms. The van der Waals surface area contributed by atoms with Crippen molar-refractivity contribution in [2.75, 3.05) is 13.2 Å². The maximum Gasteiger partial charge on any atom is 0.344 e. The molecule has 0 aliphatic carbocycles. The summed E-state index contributed by atoms with van der Waals surface area (Å²) in [5.74, 6) is -0.389. The first-order valence-electron chi connectivity index (χ1n) is 8.57. The van der Waals surface area contributed by atoms with E-state index in [1.807, 2.05) is 12.1 Å². The first kappa shape index (κ1) is 21.1. The number of para-hydroxylation sites is 1. The number of hydrogen-bond donors (Lipinski definition) is 1. The molecule has 3 rings (SSSR count). The fourth-order valence-electron chi connectivity index (χ4n) is 2.46. The molecule has 0 saturated carbocycles. The second-order valence-electron chi connectivity index (χ2n) is 5.75. The minimum atomic E-state index is -0.495. The zero-order valence-corrected chi connectivity index (χ0v) is 18.4. The number of nitrogens with one attached hydrogen (secondary N) is 1. The molecule has 0 atom stereocenters. The number of amides is 1. The number of halogens is 2. The maximum absolute atomic E-state index is 12.3. The van der Waals surface area contributed by atoms with E-state index in [0.717, 1.165) is 14.3 Å². The van der Waals surface area contributed by atoms with E-state index in [9.17, 15) is 9.59 Å². The van der Waals surface area contributed by atoms with Gasteiger partial charge < -0.3 is 13.9 Å². The summed E-state index contributed by atoms with van der Waals surface area (Å²) in [5.41, 5.74) is 3.58. The van der Waals surface area contributed by atoms with E-state index < -0.39 is 11.9 Å². The Morgan fingerprint density at radius 3 is 2.79 bits per heavy atom. The van der Waals surface area contributed by atoms with Crippen LogP contribution in [0.1, 0.15) is 23.0 Å². The quantitative estimate of drug-likeness (QED) is 0.276. The third-order valence-electron chi connectivity index (χ3n) is 3.70. The molecular formula is C20H16Br2N2O5. The molecule has 0 radical (unpaired) electrons. The lowest BCUT2D eigenvalue weighted by Gasteiger charge is -2.08. The van der Waals surface area contributed by atoms with Crippen LogP contribution in [-0.2, 0) is 9.53 Å². The van der Waals surface area contributed by atoms with Crippen LogP contribution in [0.5, 0.6) is 5.75 Å². The number of carbonyl (C=O) groups is 2. The van der Waals surface area contributed by atoms with Gasteiger partial charge in [0.05, 0.1) is 17.3 Å². The van der Waals surface area contributed by atoms with Gasteiger partial charge in [-0.1, -0.05) is 28.1 Å². The van der Waals surface area contributed by atoms with Crippen molar-refractivity contribution < 1.29 is 23.5 Å². The summed E-state index contributed by atoms with van der Waals surface area (Å²) in [6.07, 6.45) is 1.42. The lowest BCUT2D eigenvalue weighted by atomic mass is 10.2. The van der Waals surface area contributed by atoms with Crippen LogP contribution in [0.3, 0.4) is 0 Å². The van der Waals surface area contributed by atoms with Crippen molar-refractivity contribution in [1.29, 1.82) is 0 Å². The largest absolute Gasteiger partial charge is 0.481 e. The van der Waals surface area contributed by atoms with Gasteiger partial charge in [-0.3, -0.25) is 4.79 Å². The molecular weight excluding hydrogens is 508 g/mol. The van der Waals surface area contributed by atoms with E-state index in [0.29, 0.717) is 16.9 Å². The first-order chi connectivity index (χ1) is 14.0. The first-order valence-corrected chi connectivity index (χ1v) is 10.2. The predicted octanol–water partition coefficient (Wildman–Crippen LogP) is 4.66. The average molecular weight is 524 g/mol. The second-order valence-corrected chi connectivity index (χ2v) is 7.52. The fraction of sp³-hybridized carbons (Fsp3) is 0.150. The summed E-state index contributed by atoms with van der Waals surface area (Å²) in [6.45, 7) is 1.79. The number of carbonyl (C=O) groups excluding carboxylic acids is 2. The Labute approximate surface area is 183 Å². The van der Waals surface area contributed by atoms with Crippen LogP contribution < -0.4 is 10.2 Å². The molecule has 0 unspecified atom stereocenters. The van der Waals surface area contributed by atoms with E-state index in [-0.39, 0.29) is 19.0 Å². The van der Waals surface area contributed by atoms with Crippen LogP contribution >= 0.6 is 31.9 Å². The van der Waals surface area contributed by atoms with E-state index in [4.69, 9.17) is 13.9 Å². The highest BCUT2D eigenvalue weighted by molar-refractivity contribution is 9.11. The van der Waals surface area contributed by atoms with Gasteiger partial charge in [0.25, 0.3) is 0 Å². The van der Waals surface area contributed by atoms with E-state index in [2.05, 4.69) is 42.4 Å². The third kappa shape index (κ3) is 5.45. The summed E-state index contributed by atoms with van der Waals surface area (Å²) < 4.78 is 17.5. The number of hydrazone groups is 1. The Bertz CT molecular complexity index is 1080. The zero-order valence-electron chi connectivity index (χ0n) is 15.3. The minimum Gasteiger partial charge on any atom is -0.481 e. The van der Waals surface area contributed by atoms with E-state index >= 15 is 0 Å². The number of benzene rings is 2. The van der Waals surface area contributed by atoms with Crippen LogP contribution in [0.4, 0.5) is 0 Å². The standard InChI is InChI=1S/C20H16Br2N2O5/c1-2-27-18(25)11-28-16-6-4-3-5-12(16)10-23-24-20(26)17-8-13-7-14(21)9-15(22)19(13)29-17/h3-10H,2,11H2,1H3,(H,24,26)/b23-10-. The van der Waals surface area contributed by atoms with Gasteiger partial charge in [-0.15, -0.1) is 0 Å². The van der Waals surface area contributed by atoms with Crippen molar-refractivity contribution in [1.82, 2.24) is 5.43 Å². The molecule has 7 nitrogen and oxygen atoms in total. The average Bonchev–Trinajstić information content (AvgIpc) is 3.12. The number of furan rings is 1. The summed E-state index contributed by atoms with van der Waals surface area (Å²) in [7, 11) is 0. The normalized spacial score (nSPS) is 11.0. The molecule has 1 heterocycles. The predicted molar refractivity (Wildman–Crippen MR) is 115 cm³/mol. The Hall–Kier alpha value is -2.65. The smallest absolute Gasteiger partial charge is 0.344 e. The van der Waals surface area contributed by atoms with Gasteiger partial charge in [0.2, 0.25) is 0 Å². The van der Waals surface area contributed by atoms with Gasteiger partial charge >= 0.3 is 11.9 Å². The van der Waals surface area contributed by atoms with Crippen molar-refractivity contribution in [2.24, 2.45) is 5.10 Å². The van der Waals surface area contributed by atoms with E-state index in [1.54, 1.807) is 37.3 Å². The second kappa shape index (κ2) is 9.71. The zero-order chi connectivity index (χ0) is 20.8. The Balaban J connectivity index is 1.68. The molecule has 1 amide bonds. The Kier molecular flexibility index (Phi) is 7.05. The van der Waals surface area contributed by atoms with E-state index in [1.165, 1.54) is 6.21 Å². The maximum atomic E-state index is 12.3. The van der Waals surface area contributed by atoms with Gasteiger partial charge in [0.1, 0.15) is 11.3 Å². The summed E-state index contributed by atoms with van der Waals surface area (Å²) in [5, 5.41) is 4.73. The molecule has 1 N–H and O–H groups in total. The van der Waals surface area contributed by atoms with Crippen molar-refractivity contribution in [3.8, 4) is 5.75 Å². The molecule has 1 aromatic heterocycles. The van der Waals surface area contributed by atoms with Gasteiger partial charge in [-0.2, -0.15) is 5.10 Å². The Morgan fingerprint density at radius 1 is 1.21 bits per heavy atom. The molecule has 150 valence electrons. The van der Waals surface area contributed by atoms with Gasteiger partial charge in [0.15, 0.2) is 12.4 Å². The molecule has 0 aliphatic rings. The minimum absolute atomic E-state index is 0.128. The summed E-state index contributed by atoms with van der Waals surface area (Å²) >= 11 is 6.80. The van der Waals surface area contributed by atoms with Gasteiger partial charge in [-0.05, 0) is 53.2 Å². The molecule has 0 aliphatic heterocycles. The molecule has 0 bridgehead atoms. The van der Waals surface area contributed by atoms with Crippen molar-refractivity contribution in [2.45, 2.75) is 6.92 Å². The van der Waals surface area contributed by atoms with Gasteiger partial charge in [0, 0.05) is 15.4 Å². The van der Waals surface area contributed by atoms with Crippen LogP contribution in [0, 0.1) is 0 Å². The number of rotatable bonds is 7. The highest BCUT2D eigenvalue weighted by Gasteiger charge is 2.14. The molecule has 0 fully saturated rings. The molecule has 2 aromatic carbocycles. The number of ether oxygens (including phenoxy) is 2. The van der Waals surface area contributed by atoms with Crippen LogP contribution in [0.25, 0.3) is 11.0 Å². The van der Waals surface area contributed by atoms with Crippen LogP contribution in [-0.4, -0.2) is 31.3 Å². The highest BCUT2D eigenvalue weighted by atomic mass is 79.9. The number of nitrogens with zero attached hydrogens (tertiary/aromatic N) is 1. The molecule has 3 aromatic rings. The SMILES string of the molecule is CCOC(=O)COc1ccccc1/C=N\NC(=O)c1cc2cc(Br)cc(Br)c2o1. The third-order valence-corrected chi connectivity index (χ3v) is 4.75. The van der Waals surface area contributed by atoms with Gasteiger partial charge in [-0.25, -0.2) is 10.2 Å². The van der Waals surface area contributed by atoms with Crippen LogP contribution in [0.15, 0.2) is 60.9 Å². The van der Waals surface area contributed by atoms with Crippen LogP contribution in [0.2, 0.25) is 0 Å². The lowest BCUT2D eigenvalue weighted by Crippen LogP contribution is -2.17. The summed E-state index contributed by atoms with van der Waals surface area (Å²) in [4.78, 5) is 23.8. The number of esters is 1. The monoisotopic (exact) mass is 522 g/mol. The molecule has 0 saturated heterocycles. The highest BCUT2D eigenvalue weighted by Crippen LogP contribution is 2.30. The lowest BCUT2D eigenvalue weighted by molar-refractivity contribution is -0.145. The van der Waals surface area contributed by atoms with Crippen molar-refractivity contribution in [3.05, 3.63) is 62.7 Å². The number of fused-ring (bicyclic) bond motifs is 1. The molecule has 9 heteroatoms. The van der Waals surface area contributed by atoms with Crippen molar-refractivity contribution in [3.63, 3.8) is 0 Å². The van der Waals surface area contributed by atoms with Crippen molar-refractivity contribution >= 4 is 60.9 Å². The Morgan fingerprint density at radius 2 is 2.00 bits per heavy atom.